The fourth-order valence-corrected chi connectivity index (χ4v) is 4.20. The minimum absolute atomic E-state index is 0. The van der Waals surface area contributed by atoms with Gasteiger partial charge in [-0.3, -0.25) is 9.69 Å². The second-order valence-electron chi connectivity index (χ2n) is 6.91. The van der Waals surface area contributed by atoms with Crippen LogP contribution < -0.4 is 5.73 Å². The van der Waals surface area contributed by atoms with E-state index in [2.05, 4.69) is 9.80 Å². The van der Waals surface area contributed by atoms with Crippen LogP contribution in [0.4, 0.5) is 0 Å². The molecule has 0 unspecified atom stereocenters. The largest absolute Gasteiger partial charge is 0.340 e. The van der Waals surface area contributed by atoms with E-state index in [0.717, 1.165) is 57.9 Å². The van der Waals surface area contributed by atoms with Crippen LogP contribution in [0.1, 0.15) is 51.4 Å². The molecule has 0 aromatic carbocycles. The average Bonchev–Trinajstić information content (AvgIpc) is 3.02. The molecule has 3 aliphatic rings. The Morgan fingerprint density at radius 1 is 0.818 bits per heavy atom. The third-order valence-electron chi connectivity index (χ3n) is 5.59. The van der Waals surface area contributed by atoms with E-state index in [4.69, 9.17) is 5.73 Å². The van der Waals surface area contributed by atoms with Crippen LogP contribution in [0.15, 0.2) is 0 Å². The number of carbonyl (C=O) groups excluding carboxylic acids is 1. The van der Waals surface area contributed by atoms with Gasteiger partial charge in [-0.25, -0.2) is 0 Å². The first-order valence-electron chi connectivity index (χ1n) is 8.52. The molecule has 0 radical (unpaired) electrons. The highest BCUT2D eigenvalue weighted by Crippen LogP contribution is 2.27. The molecule has 4 nitrogen and oxygen atoms in total. The molecule has 1 aliphatic heterocycles. The maximum absolute atomic E-state index is 12.6. The molecule has 1 saturated heterocycles. The Kier molecular flexibility index (Phi) is 8.47. The number of carbonyl (C=O) groups is 1. The van der Waals surface area contributed by atoms with Crippen molar-refractivity contribution < 1.29 is 4.79 Å². The summed E-state index contributed by atoms with van der Waals surface area (Å²) in [5.41, 5.74) is 5.93. The minimum Gasteiger partial charge on any atom is -0.340 e. The van der Waals surface area contributed by atoms with Gasteiger partial charge in [0.1, 0.15) is 0 Å². The molecular formula is C16H31Cl2N3O. The maximum Gasteiger partial charge on any atom is 0.225 e. The van der Waals surface area contributed by atoms with Crippen molar-refractivity contribution in [3.05, 3.63) is 0 Å². The van der Waals surface area contributed by atoms with E-state index in [1.807, 2.05) is 0 Å². The predicted molar refractivity (Wildman–Crippen MR) is 94.8 cm³/mol. The van der Waals surface area contributed by atoms with Crippen LogP contribution in [-0.2, 0) is 4.79 Å². The summed E-state index contributed by atoms with van der Waals surface area (Å²) in [6.07, 6.45) is 9.59. The lowest BCUT2D eigenvalue weighted by Gasteiger charge is -2.40. The van der Waals surface area contributed by atoms with Crippen LogP contribution in [-0.4, -0.2) is 54.0 Å². The molecule has 3 rings (SSSR count). The third kappa shape index (κ3) is 4.73. The van der Waals surface area contributed by atoms with Crippen LogP contribution in [0, 0.1) is 5.92 Å². The van der Waals surface area contributed by atoms with Gasteiger partial charge < -0.3 is 10.6 Å². The summed E-state index contributed by atoms with van der Waals surface area (Å²) >= 11 is 0. The van der Waals surface area contributed by atoms with Crippen LogP contribution >= 0.6 is 24.8 Å². The highest BCUT2D eigenvalue weighted by Gasteiger charge is 2.32. The van der Waals surface area contributed by atoms with Crippen molar-refractivity contribution in [3.63, 3.8) is 0 Å². The molecule has 130 valence electrons. The average molecular weight is 352 g/mol. The molecule has 0 bridgehead atoms. The zero-order valence-electron chi connectivity index (χ0n) is 13.4. The lowest BCUT2D eigenvalue weighted by Crippen LogP contribution is -2.53. The van der Waals surface area contributed by atoms with E-state index in [0.29, 0.717) is 11.9 Å². The molecule has 1 amide bonds. The summed E-state index contributed by atoms with van der Waals surface area (Å²) in [7, 11) is 0. The van der Waals surface area contributed by atoms with Crippen molar-refractivity contribution in [2.45, 2.75) is 63.5 Å². The summed E-state index contributed by atoms with van der Waals surface area (Å²) in [6, 6.07) is 1.14. The first-order valence-corrected chi connectivity index (χ1v) is 8.52. The smallest absolute Gasteiger partial charge is 0.225 e. The van der Waals surface area contributed by atoms with Crippen molar-refractivity contribution in [2.75, 3.05) is 26.2 Å². The lowest BCUT2D eigenvalue weighted by atomic mass is 9.85. The van der Waals surface area contributed by atoms with Crippen LogP contribution in [0.2, 0.25) is 0 Å². The van der Waals surface area contributed by atoms with E-state index >= 15 is 0 Å². The van der Waals surface area contributed by atoms with Crippen molar-refractivity contribution in [1.82, 2.24) is 9.80 Å². The van der Waals surface area contributed by atoms with Crippen molar-refractivity contribution >= 4 is 30.7 Å². The Bertz CT molecular complexity index is 334. The Labute approximate surface area is 147 Å². The van der Waals surface area contributed by atoms with Gasteiger partial charge in [-0.2, -0.15) is 0 Å². The van der Waals surface area contributed by atoms with E-state index in [1.165, 1.54) is 25.7 Å². The summed E-state index contributed by atoms with van der Waals surface area (Å²) in [4.78, 5) is 17.3. The van der Waals surface area contributed by atoms with Crippen molar-refractivity contribution in [3.8, 4) is 0 Å². The normalized spacial score (nSPS) is 30.5. The zero-order chi connectivity index (χ0) is 13.9. The molecule has 0 atom stereocenters. The van der Waals surface area contributed by atoms with Gasteiger partial charge in [-0.1, -0.05) is 12.8 Å². The number of rotatable bonds is 2. The predicted octanol–water partition coefficient (Wildman–Crippen LogP) is 2.43. The second kappa shape index (κ2) is 9.31. The number of piperazine rings is 1. The van der Waals surface area contributed by atoms with Gasteiger partial charge in [-0.05, 0) is 38.5 Å². The monoisotopic (exact) mass is 351 g/mol. The zero-order valence-corrected chi connectivity index (χ0v) is 15.0. The van der Waals surface area contributed by atoms with Crippen molar-refractivity contribution in [2.24, 2.45) is 11.7 Å². The SMILES string of the molecule is Cl.Cl.NC1CCC(C(=O)N2CCN(C3CCCC3)CC2)CC1. The topological polar surface area (TPSA) is 49.6 Å². The standard InChI is InChI=1S/C16H29N3O.2ClH/c17-14-7-5-13(6-8-14)16(20)19-11-9-18(10-12-19)15-3-1-2-4-15;;/h13-15H,1-12,17H2;2*1H. The molecular weight excluding hydrogens is 321 g/mol. The molecule has 2 N–H and O–H groups in total. The molecule has 0 spiro atoms. The molecule has 2 aliphatic carbocycles. The fourth-order valence-electron chi connectivity index (χ4n) is 4.20. The Hall–Kier alpha value is -0.0300. The summed E-state index contributed by atoms with van der Waals surface area (Å²) < 4.78 is 0. The maximum atomic E-state index is 12.6. The fraction of sp³-hybridized carbons (Fsp3) is 0.938. The molecule has 6 heteroatoms. The number of nitrogens with two attached hydrogens (primary N) is 1. The molecule has 22 heavy (non-hydrogen) atoms. The van der Waals surface area contributed by atoms with Gasteiger partial charge in [0.2, 0.25) is 5.91 Å². The molecule has 1 heterocycles. The second-order valence-corrected chi connectivity index (χ2v) is 6.91. The minimum atomic E-state index is 0. The summed E-state index contributed by atoms with van der Waals surface area (Å²) in [6.45, 7) is 4.06. The summed E-state index contributed by atoms with van der Waals surface area (Å²) in [5.74, 6) is 0.663. The van der Waals surface area contributed by atoms with Crippen LogP contribution in [0.3, 0.4) is 0 Å². The van der Waals surface area contributed by atoms with Gasteiger partial charge in [0.25, 0.3) is 0 Å². The van der Waals surface area contributed by atoms with E-state index in [-0.39, 0.29) is 30.7 Å². The van der Waals surface area contributed by atoms with E-state index in [9.17, 15) is 4.79 Å². The van der Waals surface area contributed by atoms with Gasteiger partial charge >= 0.3 is 0 Å². The molecule has 0 aromatic rings. The first-order chi connectivity index (χ1) is 9.74. The number of nitrogens with zero attached hydrogens (tertiary/aromatic N) is 2. The number of hydrogen-bond acceptors (Lipinski definition) is 3. The van der Waals surface area contributed by atoms with Crippen molar-refractivity contribution in [1.29, 1.82) is 0 Å². The summed E-state index contributed by atoms with van der Waals surface area (Å²) in [5, 5.41) is 0. The van der Waals surface area contributed by atoms with Gasteiger partial charge in [0.15, 0.2) is 0 Å². The van der Waals surface area contributed by atoms with Gasteiger partial charge in [0.05, 0.1) is 0 Å². The van der Waals surface area contributed by atoms with Crippen LogP contribution in [0.25, 0.3) is 0 Å². The molecule has 3 fully saturated rings. The Morgan fingerprint density at radius 2 is 1.36 bits per heavy atom. The Balaban J connectivity index is 0.00000121. The van der Waals surface area contributed by atoms with E-state index in [1.54, 1.807) is 0 Å². The lowest BCUT2D eigenvalue weighted by molar-refractivity contribution is -0.138. The number of hydrogen-bond donors (Lipinski definition) is 1. The quantitative estimate of drug-likeness (QED) is 0.830. The highest BCUT2D eigenvalue weighted by atomic mass is 35.5. The molecule has 2 saturated carbocycles. The highest BCUT2D eigenvalue weighted by molar-refractivity contribution is 5.85. The number of amides is 1. The van der Waals surface area contributed by atoms with E-state index < -0.39 is 0 Å². The van der Waals surface area contributed by atoms with Gasteiger partial charge in [-0.15, -0.1) is 24.8 Å². The Morgan fingerprint density at radius 3 is 1.91 bits per heavy atom. The van der Waals surface area contributed by atoms with Gasteiger partial charge in [0, 0.05) is 44.2 Å². The third-order valence-corrected chi connectivity index (χ3v) is 5.59. The molecule has 0 aromatic heterocycles. The van der Waals surface area contributed by atoms with Crippen LogP contribution in [0.5, 0.6) is 0 Å². The number of halogens is 2. The first kappa shape index (κ1) is 20.0.